The molecule has 0 bridgehead atoms. The number of aromatic nitrogens is 3. The number of pyridine rings is 1. The average molecular weight is 1250 g/mol. The Morgan fingerprint density at radius 3 is 1.46 bits per heavy atom. The summed E-state index contributed by atoms with van der Waals surface area (Å²) in [5.41, 5.74) is 15.0. The molecule has 10 aromatic rings. The van der Waals surface area contributed by atoms with Crippen molar-refractivity contribution < 1.29 is 49.0 Å². The summed E-state index contributed by atoms with van der Waals surface area (Å²) >= 11 is 17.4. The summed E-state index contributed by atoms with van der Waals surface area (Å²) < 4.78 is 3.54. The molecule has 0 radical (unpaired) electrons. The molecule has 0 saturated carbocycles. The van der Waals surface area contributed by atoms with Gasteiger partial charge in [-0.05, 0) is 116 Å². The van der Waals surface area contributed by atoms with Gasteiger partial charge in [0.1, 0.15) is 17.1 Å². The first-order valence-corrected chi connectivity index (χ1v) is 27.6. The van der Waals surface area contributed by atoms with E-state index in [1.165, 1.54) is 42.0 Å². The smallest absolute Gasteiger partial charge is 0.306 e. The first kappa shape index (κ1) is 65.6. The third kappa shape index (κ3) is 17.1. The van der Waals surface area contributed by atoms with Crippen molar-refractivity contribution in [1.82, 2.24) is 9.78 Å². The summed E-state index contributed by atoms with van der Waals surface area (Å²) in [4.78, 5) is 20.4. The van der Waals surface area contributed by atoms with Gasteiger partial charge in [-0.25, -0.2) is 4.40 Å². The topological polar surface area (TPSA) is 220 Å². The Labute approximate surface area is 521 Å². The van der Waals surface area contributed by atoms with Gasteiger partial charge >= 0.3 is 5.65 Å². The van der Waals surface area contributed by atoms with Crippen LogP contribution in [0, 0.1) is 20.2 Å². The number of nitro benzene ring substituents is 2. The summed E-state index contributed by atoms with van der Waals surface area (Å²) in [6.45, 7) is 19.2. The zero-order chi connectivity index (χ0) is 61.3. The number of phenolic OH excluding ortho intramolecular Hbond substituents is 3. The maximum Gasteiger partial charge on any atom is 0.306 e. The normalized spacial score (nSPS) is 11.3. The van der Waals surface area contributed by atoms with E-state index in [0.29, 0.717) is 27.0 Å². The molecular weight excluding hydrogens is 1190 g/mol. The monoisotopic (exact) mass is 1250 g/mol. The number of hydrogen-bond acceptors (Lipinski definition) is 11. The third-order valence-electron chi connectivity index (χ3n) is 13.2. The Morgan fingerprint density at radius 2 is 0.953 bits per heavy atom. The molecule has 0 unspecified atom stereocenters. The number of phenols is 3. The summed E-state index contributed by atoms with van der Waals surface area (Å²) in [7, 11) is 0. The Kier molecular flexibility index (Phi) is 21.5. The van der Waals surface area contributed by atoms with Crippen LogP contribution in [0.5, 0.6) is 17.2 Å². The molecule has 0 atom stereocenters. The predicted molar refractivity (Wildman–Crippen MR) is 337 cm³/mol. The fourth-order valence-corrected chi connectivity index (χ4v) is 8.92. The van der Waals surface area contributed by atoms with Gasteiger partial charge in [0, 0.05) is 64.4 Å². The van der Waals surface area contributed by atoms with Crippen molar-refractivity contribution in [2.24, 2.45) is 10.2 Å². The van der Waals surface area contributed by atoms with Crippen LogP contribution in [0.3, 0.4) is 0 Å². The molecule has 0 saturated heterocycles. The zero-order valence-corrected chi connectivity index (χ0v) is 53.7. The van der Waals surface area contributed by atoms with Crippen LogP contribution in [0.25, 0.3) is 44.7 Å². The molecule has 0 amide bonds. The van der Waals surface area contributed by atoms with Crippen molar-refractivity contribution in [3.8, 4) is 56.3 Å². The van der Waals surface area contributed by atoms with Crippen molar-refractivity contribution in [3.63, 3.8) is 0 Å². The number of aromatic hydroxyl groups is 3. The molecule has 0 aliphatic carbocycles. The van der Waals surface area contributed by atoms with E-state index < -0.39 is 9.85 Å². The predicted octanol–water partition coefficient (Wildman–Crippen LogP) is 18.5. The van der Waals surface area contributed by atoms with Crippen molar-refractivity contribution in [3.05, 3.63) is 247 Å². The van der Waals surface area contributed by atoms with E-state index in [2.05, 4.69) is 89.8 Å². The van der Waals surface area contributed by atoms with E-state index in [9.17, 15) is 35.5 Å². The van der Waals surface area contributed by atoms with E-state index >= 15 is 0 Å². The number of hydrogen-bond donors (Lipinski definition) is 4. The van der Waals surface area contributed by atoms with Gasteiger partial charge in [-0.15, -0.1) is 10.2 Å². The zero-order valence-electron chi connectivity index (χ0n) is 48.5. The Hall–Kier alpha value is -8.53. The van der Waals surface area contributed by atoms with E-state index in [4.69, 9.17) is 40.5 Å². The van der Waals surface area contributed by atoms with E-state index in [-0.39, 0.29) is 80.7 Å². The largest absolute Gasteiger partial charge is 0.507 e. The van der Waals surface area contributed by atoms with Crippen LogP contribution >= 0.6 is 34.8 Å². The number of benzene rings is 8. The molecule has 8 aromatic carbocycles. The van der Waals surface area contributed by atoms with Gasteiger partial charge in [-0.2, -0.15) is 0 Å². The van der Waals surface area contributed by atoms with Crippen molar-refractivity contribution in [2.45, 2.75) is 78.6 Å². The van der Waals surface area contributed by atoms with Crippen molar-refractivity contribution >= 4 is 68.9 Å². The third-order valence-corrected chi connectivity index (χ3v) is 13.9. The maximum absolute atomic E-state index is 11.3. The SMILES string of the molecule is CC(C)(C)c1cc(-c2ccccc2)c(O)c(-n2c[n+]3cc(Cl)ccc3n2)c1.CC(C)(C)c1cc(N=Nc2ccc(Cl)cc2[N+](=O)[O-])c(O)c(-c2ccccc2)c1.CC(C)(C)c1ccc(O)c(-c2ccccc2)c1.Nc1ccc(Cl)cc1[N+](=O)[O-].[Zn]. The summed E-state index contributed by atoms with van der Waals surface area (Å²) in [5.74, 6) is 0.502. The van der Waals surface area contributed by atoms with Gasteiger partial charge < -0.3 is 21.1 Å². The number of nitrogen functional groups attached to an aromatic ring is 1. The molecule has 0 fully saturated rings. The maximum atomic E-state index is 11.3. The number of rotatable bonds is 8. The molecule has 85 heavy (non-hydrogen) atoms. The number of halogens is 3. The van der Waals surface area contributed by atoms with Gasteiger partial charge in [0.15, 0.2) is 22.9 Å². The first-order valence-electron chi connectivity index (χ1n) is 26.5. The second-order valence-corrected chi connectivity index (χ2v) is 23.9. The fraction of sp³-hybridized carbons (Fsp3) is 0.182. The molecule has 19 heteroatoms. The summed E-state index contributed by atoms with van der Waals surface area (Å²) in [5, 5.41) is 67.3. The fourth-order valence-electron chi connectivity index (χ4n) is 8.42. The van der Waals surface area contributed by atoms with E-state index in [0.717, 1.165) is 44.6 Å². The first-order chi connectivity index (χ1) is 39.6. The van der Waals surface area contributed by atoms with Crippen LogP contribution in [-0.2, 0) is 35.7 Å². The van der Waals surface area contributed by atoms with Crippen molar-refractivity contribution in [1.29, 1.82) is 0 Å². The van der Waals surface area contributed by atoms with Gasteiger partial charge in [0.05, 0.1) is 26.2 Å². The van der Waals surface area contributed by atoms with Crippen LogP contribution in [0.4, 0.5) is 28.4 Å². The molecule has 2 aromatic heterocycles. The quantitative estimate of drug-likeness (QED) is 0.0283. The number of fused-ring (bicyclic) bond motifs is 1. The van der Waals surface area contributed by atoms with Crippen molar-refractivity contribution in [2.75, 3.05) is 5.73 Å². The minimum Gasteiger partial charge on any atom is -0.507 e. The molecule has 0 spiro atoms. The van der Waals surface area contributed by atoms with Crippen LogP contribution in [0.2, 0.25) is 15.1 Å². The van der Waals surface area contributed by atoms with E-state index in [1.54, 1.807) is 29.1 Å². The second-order valence-electron chi connectivity index (χ2n) is 22.6. The number of nitrogens with zero attached hydrogens (tertiary/aromatic N) is 7. The molecule has 0 aliphatic rings. The van der Waals surface area contributed by atoms with Gasteiger partial charge in [-0.3, -0.25) is 20.2 Å². The van der Waals surface area contributed by atoms with Crippen LogP contribution in [0.1, 0.15) is 79.0 Å². The molecule has 5 N–H and O–H groups in total. The van der Waals surface area contributed by atoms with Crippen LogP contribution < -0.4 is 10.1 Å². The molecule has 0 aliphatic heterocycles. The molecular formula is C66H64Cl3N8O7Zn+. The molecule has 432 valence electrons. The standard InChI is InChI=1S/C22H20ClN3O3.C22H20ClN3O.C16H18O.C6H5ClN2O2.Zn/c1-22(2,3)15-11-17(14-7-5-4-6-8-14)21(27)19(12-15)25-24-18-10-9-16(23)13-20(18)26(28)29;1-22(2,3)16-11-18(15-7-5-4-6-8-15)21(27)19(12-16)26-14-25-13-17(23)9-10-20(25)24-26;1-16(2,3)13-9-10-15(17)14(11-13)12-7-5-4-6-8-12;7-4-1-2-5(8)6(3-4)9(10)11;/h4-13,27H,1-3H3;4-14H,1-3H3;4-11,17H,1-3H3;1-3H,8H2;/p+1. The van der Waals surface area contributed by atoms with E-state index in [1.807, 2.05) is 126 Å². The van der Waals surface area contributed by atoms with Crippen LogP contribution in [-0.4, -0.2) is 34.9 Å². The minimum atomic E-state index is -0.568. The number of anilines is 1. The summed E-state index contributed by atoms with van der Waals surface area (Å²) in [6, 6.07) is 54.8. The molecule has 2 heterocycles. The van der Waals surface area contributed by atoms with Gasteiger partial charge in [-0.1, -0.05) is 199 Å². The Bertz CT molecular complexity index is 4020. The van der Waals surface area contributed by atoms with Crippen LogP contribution in [0.15, 0.2) is 205 Å². The van der Waals surface area contributed by atoms with Gasteiger partial charge in [0.25, 0.3) is 11.4 Å². The number of nitro groups is 2. The summed E-state index contributed by atoms with van der Waals surface area (Å²) in [6.07, 6.45) is 3.61. The molecule has 10 rings (SSSR count). The second kappa shape index (κ2) is 27.9. The average Bonchev–Trinajstić information content (AvgIpc) is 2.60. The molecule has 15 nitrogen and oxygen atoms in total. The number of nitrogens with two attached hydrogens (primary N) is 1. The Morgan fingerprint density at radius 1 is 0.506 bits per heavy atom. The minimum absolute atomic E-state index is 0. The Balaban J connectivity index is 0.000000191. The number of azo groups is 1. The van der Waals surface area contributed by atoms with Gasteiger partial charge in [0.2, 0.25) is 6.33 Å².